The molecule has 0 atom stereocenters. The number of pyridine rings is 1. The third-order valence-corrected chi connectivity index (χ3v) is 1.74. The normalized spacial score (nSPS) is 9.57. The minimum Gasteiger partial charge on any atom is -0.338 e. The third kappa shape index (κ3) is 2.16. The molecule has 0 saturated heterocycles. The van der Waals surface area contributed by atoms with Crippen molar-refractivity contribution in [2.45, 2.75) is 0 Å². The molecule has 0 aromatic carbocycles. The summed E-state index contributed by atoms with van der Waals surface area (Å²) >= 11 is 0. The first-order valence-corrected chi connectivity index (χ1v) is 4.13. The predicted octanol–water partition coefficient (Wildman–Crippen LogP) is 1.48. The van der Waals surface area contributed by atoms with Gasteiger partial charge >= 0.3 is 0 Å². The monoisotopic (exact) mass is 194 g/mol. The highest BCUT2D eigenvalue weighted by Crippen LogP contribution is 2.06. The lowest BCUT2D eigenvalue weighted by atomic mass is 10.2. The number of likely N-dealkylation sites (N-methyl/N-ethyl adjacent to an activating group) is 1. The Hall–Kier alpha value is -1.71. The van der Waals surface area contributed by atoms with Crippen LogP contribution in [-0.2, 0) is 0 Å². The number of carbonyl (C=O) groups is 1. The molecule has 0 saturated carbocycles. The molecule has 14 heavy (non-hydrogen) atoms. The van der Waals surface area contributed by atoms with Gasteiger partial charge in [0.2, 0.25) is 5.95 Å². The molecule has 4 heteroatoms. The van der Waals surface area contributed by atoms with E-state index in [0.29, 0.717) is 6.54 Å². The van der Waals surface area contributed by atoms with E-state index in [9.17, 15) is 9.18 Å². The van der Waals surface area contributed by atoms with Crippen LogP contribution in [-0.4, -0.2) is 29.4 Å². The Bertz CT molecular complexity index is 352. The zero-order valence-electron chi connectivity index (χ0n) is 7.90. The van der Waals surface area contributed by atoms with Gasteiger partial charge in [-0.3, -0.25) is 4.79 Å². The summed E-state index contributed by atoms with van der Waals surface area (Å²) in [5.41, 5.74) is -0.0168. The Kier molecular flexibility index (Phi) is 3.34. The minimum atomic E-state index is -0.742. The topological polar surface area (TPSA) is 33.2 Å². The Labute approximate surface area is 81.9 Å². The maximum absolute atomic E-state index is 13.1. The number of amides is 1. The zero-order valence-corrected chi connectivity index (χ0v) is 7.90. The molecule has 1 amide bonds. The SMILES string of the molecule is C=CCN(C)C(=O)c1cccnc1F. The van der Waals surface area contributed by atoms with Crippen LogP contribution in [0.3, 0.4) is 0 Å². The van der Waals surface area contributed by atoms with Crippen LogP contribution in [0.1, 0.15) is 10.4 Å². The molecule has 1 heterocycles. The van der Waals surface area contributed by atoms with Crippen LogP contribution in [0.4, 0.5) is 4.39 Å². The van der Waals surface area contributed by atoms with Gasteiger partial charge in [0.25, 0.3) is 5.91 Å². The maximum Gasteiger partial charge on any atom is 0.258 e. The van der Waals surface area contributed by atoms with Gasteiger partial charge in [0.15, 0.2) is 0 Å². The van der Waals surface area contributed by atoms with E-state index >= 15 is 0 Å². The van der Waals surface area contributed by atoms with Gasteiger partial charge in [0.1, 0.15) is 0 Å². The highest BCUT2D eigenvalue weighted by atomic mass is 19.1. The number of hydrogen-bond acceptors (Lipinski definition) is 2. The van der Waals surface area contributed by atoms with Crippen molar-refractivity contribution in [2.24, 2.45) is 0 Å². The molecule has 0 aliphatic heterocycles. The van der Waals surface area contributed by atoms with Crippen LogP contribution in [0.2, 0.25) is 0 Å². The zero-order chi connectivity index (χ0) is 10.6. The second-order valence-corrected chi connectivity index (χ2v) is 2.82. The van der Waals surface area contributed by atoms with E-state index in [1.165, 1.54) is 23.2 Å². The Morgan fingerprint density at radius 3 is 3.07 bits per heavy atom. The first-order chi connectivity index (χ1) is 6.66. The van der Waals surface area contributed by atoms with Crippen molar-refractivity contribution in [3.8, 4) is 0 Å². The molecular weight excluding hydrogens is 183 g/mol. The molecule has 0 unspecified atom stereocenters. The van der Waals surface area contributed by atoms with Gasteiger partial charge in [-0.25, -0.2) is 4.98 Å². The fraction of sp³-hybridized carbons (Fsp3) is 0.200. The molecule has 0 aliphatic rings. The van der Waals surface area contributed by atoms with Crippen molar-refractivity contribution in [2.75, 3.05) is 13.6 Å². The molecule has 74 valence electrons. The van der Waals surface area contributed by atoms with Gasteiger partial charge in [-0.15, -0.1) is 6.58 Å². The van der Waals surface area contributed by atoms with Crippen LogP contribution < -0.4 is 0 Å². The lowest BCUT2D eigenvalue weighted by Gasteiger charge is -2.14. The fourth-order valence-corrected chi connectivity index (χ4v) is 1.03. The summed E-state index contributed by atoms with van der Waals surface area (Å²) in [4.78, 5) is 16.3. The lowest BCUT2D eigenvalue weighted by Crippen LogP contribution is -2.27. The van der Waals surface area contributed by atoms with Crippen molar-refractivity contribution in [1.82, 2.24) is 9.88 Å². The van der Waals surface area contributed by atoms with Gasteiger partial charge < -0.3 is 4.90 Å². The molecule has 0 bridgehead atoms. The molecular formula is C10H11FN2O. The van der Waals surface area contributed by atoms with E-state index in [-0.39, 0.29) is 5.56 Å². The second-order valence-electron chi connectivity index (χ2n) is 2.82. The molecule has 0 aliphatic carbocycles. The van der Waals surface area contributed by atoms with Crippen molar-refractivity contribution in [3.05, 3.63) is 42.5 Å². The quantitative estimate of drug-likeness (QED) is 0.539. The van der Waals surface area contributed by atoms with Crippen molar-refractivity contribution >= 4 is 5.91 Å². The minimum absolute atomic E-state index is 0.0168. The first kappa shape index (κ1) is 10.4. The predicted molar refractivity (Wildman–Crippen MR) is 51.4 cm³/mol. The number of hydrogen-bond donors (Lipinski definition) is 0. The maximum atomic E-state index is 13.1. The largest absolute Gasteiger partial charge is 0.338 e. The van der Waals surface area contributed by atoms with Gasteiger partial charge in [0, 0.05) is 19.8 Å². The van der Waals surface area contributed by atoms with E-state index in [1.54, 1.807) is 13.1 Å². The van der Waals surface area contributed by atoms with E-state index < -0.39 is 11.9 Å². The molecule has 0 spiro atoms. The summed E-state index contributed by atoms with van der Waals surface area (Å²) < 4.78 is 13.1. The van der Waals surface area contributed by atoms with Crippen LogP contribution in [0.15, 0.2) is 31.0 Å². The first-order valence-electron chi connectivity index (χ1n) is 4.13. The number of rotatable bonds is 3. The fourth-order valence-electron chi connectivity index (χ4n) is 1.03. The Morgan fingerprint density at radius 2 is 2.50 bits per heavy atom. The van der Waals surface area contributed by atoms with Crippen molar-refractivity contribution < 1.29 is 9.18 Å². The Morgan fingerprint density at radius 1 is 1.79 bits per heavy atom. The standard InChI is InChI=1S/C10H11FN2O/c1-3-7-13(2)10(14)8-5-4-6-12-9(8)11/h3-6H,1,7H2,2H3. The average Bonchev–Trinajstić information content (AvgIpc) is 2.18. The van der Waals surface area contributed by atoms with Gasteiger partial charge in [-0.05, 0) is 12.1 Å². The molecule has 0 fully saturated rings. The smallest absolute Gasteiger partial charge is 0.258 e. The van der Waals surface area contributed by atoms with Gasteiger partial charge in [-0.2, -0.15) is 4.39 Å². The summed E-state index contributed by atoms with van der Waals surface area (Å²) in [6.07, 6.45) is 2.88. The lowest BCUT2D eigenvalue weighted by molar-refractivity contribution is 0.0804. The molecule has 1 aromatic heterocycles. The average molecular weight is 194 g/mol. The number of aromatic nitrogens is 1. The number of nitrogens with zero attached hydrogens (tertiary/aromatic N) is 2. The van der Waals surface area contributed by atoms with Crippen LogP contribution in [0.5, 0.6) is 0 Å². The molecule has 1 aromatic rings. The van der Waals surface area contributed by atoms with Crippen LogP contribution >= 0.6 is 0 Å². The van der Waals surface area contributed by atoms with Crippen molar-refractivity contribution in [3.63, 3.8) is 0 Å². The molecule has 0 N–H and O–H groups in total. The molecule has 0 radical (unpaired) electrons. The highest BCUT2D eigenvalue weighted by molar-refractivity contribution is 5.94. The number of carbonyl (C=O) groups excluding carboxylic acids is 1. The summed E-state index contributed by atoms with van der Waals surface area (Å²) in [5.74, 6) is -1.14. The molecule has 1 rings (SSSR count). The third-order valence-electron chi connectivity index (χ3n) is 1.74. The second kappa shape index (κ2) is 4.50. The highest BCUT2D eigenvalue weighted by Gasteiger charge is 2.14. The summed E-state index contributed by atoms with van der Waals surface area (Å²) in [7, 11) is 1.58. The van der Waals surface area contributed by atoms with Crippen molar-refractivity contribution in [1.29, 1.82) is 0 Å². The summed E-state index contributed by atoms with van der Waals surface area (Å²) in [6.45, 7) is 3.88. The Balaban J connectivity index is 2.89. The summed E-state index contributed by atoms with van der Waals surface area (Å²) in [5, 5.41) is 0. The van der Waals surface area contributed by atoms with Gasteiger partial charge in [-0.1, -0.05) is 6.08 Å². The summed E-state index contributed by atoms with van der Waals surface area (Å²) in [6, 6.07) is 2.93. The van der Waals surface area contributed by atoms with Gasteiger partial charge in [0.05, 0.1) is 5.56 Å². The van der Waals surface area contributed by atoms with E-state index in [2.05, 4.69) is 11.6 Å². The molecule has 3 nitrogen and oxygen atoms in total. The van der Waals surface area contributed by atoms with E-state index in [1.807, 2.05) is 0 Å². The van der Waals surface area contributed by atoms with Crippen LogP contribution in [0, 0.1) is 5.95 Å². The van der Waals surface area contributed by atoms with E-state index in [4.69, 9.17) is 0 Å². The van der Waals surface area contributed by atoms with Crippen LogP contribution in [0.25, 0.3) is 0 Å². The number of halogens is 1. The van der Waals surface area contributed by atoms with E-state index in [0.717, 1.165) is 0 Å².